The second-order valence-electron chi connectivity index (χ2n) is 5.62. The minimum atomic E-state index is -2.71. The van der Waals surface area contributed by atoms with Crippen LogP contribution in [0, 0.1) is 5.82 Å². The predicted octanol–water partition coefficient (Wildman–Crippen LogP) is 5.08. The molecule has 7 heteroatoms. The molecule has 0 aliphatic carbocycles. The van der Waals surface area contributed by atoms with Crippen LogP contribution in [0.1, 0.15) is 11.1 Å². The number of thiol groups is 1. The first-order valence-corrected chi connectivity index (χ1v) is 9.99. The monoisotopic (exact) mass is 403 g/mol. The van der Waals surface area contributed by atoms with Crippen molar-refractivity contribution in [3.63, 3.8) is 0 Å². The van der Waals surface area contributed by atoms with Gasteiger partial charge in [-0.3, -0.25) is 0 Å². The standard InChI is InChI=1S/C19H11ClFNO2S2/c20-12-3-1-11(2-4-12)19-15-7-5-13(21)9-18(15)25-17-8-6-14(26(23)24)10-16(17)22-19/h1-10,26H. The first-order valence-electron chi connectivity index (χ1n) is 7.62. The molecule has 0 unspecified atom stereocenters. The van der Waals surface area contributed by atoms with Crippen molar-refractivity contribution in [3.8, 4) is 0 Å². The molecule has 0 bridgehead atoms. The van der Waals surface area contributed by atoms with Gasteiger partial charge in [-0.05, 0) is 48.5 Å². The largest absolute Gasteiger partial charge is 0.247 e. The van der Waals surface area contributed by atoms with Gasteiger partial charge < -0.3 is 0 Å². The summed E-state index contributed by atoms with van der Waals surface area (Å²) in [5.74, 6) is -0.339. The number of aliphatic imine (C=N–C) groups is 1. The Bertz CT molecular complexity index is 1120. The van der Waals surface area contributed by atoms with Crippen LogP contribution in [0.2, 0.25) is 5.02 Å². The summed E-state index contributed by atoms with van der Waals surface area (Å²) >= 11 is 7.34. The molecule has 0 amide bonds. The summed E-state index contributed by atoms with van der Waals surface area (Å²) < 4.78 is 36.5. The normalized spacial score (nSPS) is 13.0. The average molecular weight is 404 g/mol. The Morgan fingerprint density at radius 2 is 1.69 bits per heavy atom. The highest BCUT2D eigenvalue weighted by atomic mass is 35.5. The summed E-state index contributed by atoms with van der Waals surface area (Å²) in [7, 11) is -2.71. The van der Waals surface area contributed by atoms with Gasteiger partial charge >= 0.3 is 0 Å². The van der Waals surface area contributed by atoms with E-state index in [2.05, 4.69) is 0 Å². The molecule has 130 valence electrons. The Morgan fingerprint density at radius 3 is 2.42 bits per heavy atom. The summed E-state index contributed by atoms with van der Waals surface area (Å²) in [6.45, 7) is 0. The van der Waals surface area contributed by atoms with Crippen LogP contribution in [0.4, 0.5) is 10.1 Å². The maximum atomic E-state index is 13.8. The molecule has 0 N–H and O–H groups in total. The quantitative estimate of drug-likeness (QED) is 0.474. The van der Waals surface area contributed by atoms with Gasteiger partial charge in [0.15, 0.2) is 10.7 Å². The smallest absolute Gasteiger partial charge is 0.168 e. The zero-order chi connectivity index (χ0) is 18.3. The van der Waals surface area contributed by atoms with Gasteiger partial charge in [0.05, 0.1) is 16.3 Å². The van der Waals surface area contributed by atoms with Crippen LogP contribution in [0.15, 0.2) is 80.3 Å². The molecule has 0 atom stereocenters. The van der Waals surface area contributed by atoms with E-state index in [1.165, 1.54) is 36.0 Å². The number of halogens is 2. The molecule has 0 radical (unpaired) electrons. The number of fused-ring (bicyclic) bond motifs is 2. The maximum Gasteiger partial charge on any atom is 0.168 e. The SMILES string of the molecule is O=[SH](=O)c1ccc2c(c1)N=C(c1ccc(Cl)cc1)c1ccc(F)cc1S2. The Kier molecular flexibility index (Phi) is 4.56. The van der Waals surface area contributed by atoms with E-state index in [-0.39, 0.29) is 10.7 Å². The molecule has 0 saturated carbocycles. The van der Waals surface area contributed by atoms with Crippen LogP contribution < -0.4 is 0 Å². The van der Waals surface area contributed by atoms with Crippen molar-refractivity contribution in [2.75, 3.05) is 0 Å². The summed E-state index contributed by atoms with van der Waals surface area (Å²) in [4.78, 5) is 6.39. The van der Waals surface area contributed by atoms with Crippen molar-refractivity contribution >= 4 is 45.5 Å². The molecule has 4 rings (SSSR count). The molecule has 26 heavy (non-hydrogen) atoms. The fraction of sp³-hybridized carbons (Fsp3) is 0. The number of hydrogen-bond acceptors (Lipinski definition) is 4. The zero-order valence-electron chi connectivity index (χ0n) is 13.1. The van der Waals surface area contributed by atoms with Gasteiger partial charge in [-0.15, -0.1) is 0 Å². The highest BCUT2D eigenvalue weighted by Gasteiger charge is 2.20. The summed E-state index contributed by atoms with van der Waals surface area (Å²) in [6.07, 6.45) is 0. The lowest BCUT2D eigenvalue weighted by atomic mass is 10.0. The topological polar surface area (TPSA) is 46.5 Å². The Labute approximate surface area is 160 Å². The maximum absolute atomic E-state index is 13.8. The molecule has 1 heterocycles. The van der Waals surface area contributed by atoms with E-state index in [0.717, 1.165) is 20.9 Å². The van der Waals surface area contributed by atoms with E-state index < -0.39 is 10.7 Å². The molecule has 3 aromatic rings. The van der Waals surface area contributed by atoms with Gasteiger partial charge in [0.1, 0.15) is 5.82 Å². The molecular formula is C19H11ClFNO2S2. The van der Waals surface area contributed by atoms with Gasteiger partial charge in [0, 0.05) is 25.9 Å². The molecule has 1 aliphatic heterocycles. The number of hydrogen-bond donors (Lipinski definition) is 1. The Morgan fingerprint density at radius 1 is 0.923 bits per heavy atom. The van der Waals surface area contributed by atoms with Gasteiger partial charge in [0.2, 0.25) is 0 Å². The number of benzene rings is 3. The van der Waals surface area contributed by atoms with E-state index >= 15 is 0 Å². The lowest BCUT2D eigenvalue weighted by molar-refractivity contribution is 0.614. The molecule has 0 spiro atoms. The summed E-state index contributed by atoms with van der Waals surface area (Å²) in [6, 6.07) is 16.5. The van der Waals surface area contributed by atoms with Crippen molar-refractivity contribution in [2.24, 2.45) is 4.99 Å². The van der Waals surface area contributed by atoms with Crippen molar-refractivity contribution in [3.05, 3.63) is 82.6 Å². The third-order valence-corrected chi connectivity index (χ3v) is 6.00. The third kappa shape index (κ3) is 3.28. The highest BCUT2D eigenvalue weighted by molar-refractivity contribution is 7.99. The lowest BCUT2D eigenvalue weighted by Gasteiger charge is -2.09. The molecule has 3 aromatic carbocycles. The molecular weight excluding hydrogens is 393 g/mol. The molecule has 1 aliphatic rings. The van der Waals surface area contributed by atoms with Gasteiger partial charge in [-0.25, -0.2) is 17.8 Å². The predicted molar refractivity (Wildman–Crippen MR) is 102 cm³/mol. The fourth-order valence-corrected chi connectivity index (χ4v) is 4.27. The minimum Gasteiger partial charge on any atom is -0.247 e. The zero-order valence-corrected chi connectivity index (χ0v) is 15.6. The van der Waals surface area contributed by atoms with Crippen LogP contribution in [0.5, 0.6) is 0 Å². The second-order valence-corrected chi connectivity index (χ2v) is 8.17. The molecule has 0 saturated heterocycles. The van der Waals surface area contributed by atoms with Crippen LogP contribution in [0.3, 0.4) is 0 Å². The van der Waals surface area contributed by atoms with Gasteiger partial charge in [-0.1, -0.05) is 35.5 Å². The Hall–Kier alpha value is -2.15. The van der Waals surface area contributed by atoms with E-state index in [1.807, 2.05) is 12.1 Å². The summed E-state index contributed by atoms with van der Waals surface area (Å²) in [5, 5.41) is 0.600. The van der Waals surface area contributed by atoms with Crippen molar-refractivity contribution < 1.29 is 12.8 Å². The van der Waals surface area contributed by atoms with Crippen LogP contribution in [0.25, 0.3) is 0 Å². The summed E-state index contributed by atoms with van der Waals surface area (Å²) in [5.41, 5.74) is 2.77. The molecule has 3 nitrogen and oxygen atoms in total. The Balaban J connectivity index is 1.99. The molecule has 0 fully saturated rings. The van der Waals surface area contributed by atoms with Gasteiger partial charge in [-0.2, -0.15) is 0 Å². The van der Waals surface area contributed by atoms with Gasteiger partial charge in [0.25, 0.3) is 0 Å². The second kappa shape index (κ2) is 6.87. The first kappa shape index (κ1) is 17.3. The van der Waals surface area contributed by atoms with E-state index in [4.69, 9.17) is 16.6 Å². The van der Waals surface area contributed by atoms with Crippen molar-refractivity contribution in [1.82, 2.24) is 0 Å². The minimum absolute atomic E-state index is 0.190. The fourth-order valence-electron chi connectivity index (χ4n) is 2.70. The third-order valence-electron chi connectivity index (χ3n) is 3.92. The highest BCUT2D eigenvalue weighted by Crippen LogP contribution is 2.42. The van der Waals surface area contributed by atoms with E-state index in [1.54, 1.807) is 24.3 Å². The number of nitrogens with zero attached hydrogens (tertiary/aromatic N) is 1. The first-order chi connectivity index (χ1) is 12.5. The lowest BCUT2D eigenvalue weighted by Crippen LogP contribution is -2.04. The van der Waals surface area contributed by atoms with E-state index in [9.17, 15) is 12.8 Å². The average Bonchev–Trinajstić information content (AvgIpc) is 2.77. The van der Waals surface area contributed by atoms with Crippen LogP contribution in [-0.4, -0.2) is 14.1 Å². The van der Waals surface area contributed by atoms with Crippen LogP contribution in [-0.2, 0) is 10.7 Å². The van der Waals surface area contributed by atoms with E-state index in [0.29, 0.717) is 16.4 Å². The molecule has 0 aromatic heterocycles. The van der Waals surface area contributed by atoms with Crippen molar-refractivity contribution in [1.29, 1.82) is 0 Å². The number of rotatable bonds is 2. The van der Waals surface area contributed by atoms with Crippen molar-refractivity contribution in [2.45, 2.75) is 14.7 Å². The van der Waals surface area contributed by atoms with Crippen LogP contribution >= 0.6 is 23.4 Å².